The van der Waals surface area contributed by atoms with Crippen molar-refractivity contribution in [1.29, 1.82) is 0 Å². The minimum atomic E-state index is -0.00207. The number of imidazole rings is 1. The van der Waals surface area contributed by atoms with Crippen LogP contribution in [0.15, 0.2) is 30.7 Å². The van der Waals surface area contributed by atoms with E-state index in [1.54, 1.807) is 12.4 Å². The number of hydrogen-bond donors (Lipinski definition) is 1. The Hall–Kier alpha value is -1.86. The van der Waals surface area contributed by atoms with Gasteiger partial charge in [-0.25, -0.2) is 9.97 Å². The molecule has 3 rings (SSSR count). The Kier molecular flexibility index (Phi) is 4.97. The van der Waals surface area contributed by atoms with Gasteiger partial charge < -0.3 is 5.32 Å². The molecule has 6 nitrogen and oxygen atoms in total. The molecule has 1 aliphatic rings. The number of carbonyl (C=O) groups is 1. The second-order valence-corrected chi connectivity index (χ2v) is 6.88. The Morgan fingerprint density at radius 1 is 1.48 bits per heavy atom. The third-order valence-corrected chi connectivity index (χ3v) is 5.17. The Labute approximate surface area is 140 Å². The molecule has 2 aromatic heterocycles. The van der Waals surface area contributed by atoms with Crippen molar-refractivity contribution in [1.82, 2.24) is 19.4 Å². The van der Waals surface area contributed by atoms with Crippen LogP contribution in [0.25, 0.3) is 5.82 Å². The standard InChI is InChI=1S/C16H21N5OS/c1-12-17-6-7-21(12)15-4-3-13(9-18-15)19-16(22)10-20(2)14-5-8-23-11-14/h3-4,6-7,9,14H,5,8,10-11H2,1-2H3,(H,19,22). The van der Waals surface area contributed by atoms with E-state index in [9.17, 15) is 4.79 Å². The zero-order valence-corrected chi connectivity index (χ0v) is 14.2. The van der Waals surface area contributed by atoms with Gasteiger partial charge in [0.25, 0.3) is 0 Å². The highest BCUT2D eigenvalue weighted by molar-refractivity contribution is 7.99. The van der Waals surface area contributed by atoms with Gasteiger partial charge >= 0.3 is 0 Å². The van der Waals surface area contributed by atoms with E-state index >= 15 is 0 Å². The number of carbonyl (C=O) groups excluding carboxylic acids is 1. The van der Waals surface area contributed by atoms with E-state index in [1.165, 1.54) is 5.75 Å². The van der Waals surface area contributed by atoms with E-state index in [0.717, 1.165) is 23.8 Å². The lowest BCUT2D eigenvalue weighted by Gasteiger charge is -2.22. The highest BCUT2D eigenvalue weighted by Crippen LogP contribution is 2.21. The average molecular weight is 331 g/mol. The molecule has 1 amide bonds. The van der Waals surface area contributed by atoms with Gasteiger partial charge in [0.15, 0.2) is 0 Å². The third kappa shape index (κ3) is 3.92. The zero-order chi connectivity index (χ0) is 16.2. The van der Waals surface area contributed by atoms with Gasteiger partial charge in [-0.1, -0.05) is 0 Å². The summed E-state index contributed by atoms with van der Waals surface area (Å²) in [6.07, 6.45) is 6.45. The number of rotatable bonds is 5. The Bertz CT molecular complexity index is 663. The lowest BCUT2D eigenvalue weighted by molar-refractivity contribution is -0.117. The van der Waals surface area contributed by atoms with Gasteiger partial charge in [-0.2, -0.15) is 11.8 Å². The number of anilines is 1. The molecule has 0 bridgehead atoms. The molecular formula is C16H21N5OS. The number of aryl methyl sites for hydroxylation is 1. The highest BCUT2D eigenvalue weighted by Gasteiger charge is 2.21. The first kappa shape index (κ1) is 16.0. The molecule has 23 heavy (non-hydrogen) atoms. The second kappa shape index (κ2) is 7.14. The predicted octanol–water partition coefficient (Wildman–Crippen LogP) is 1.95. The molecule has 2 aromatic rings. The van der Waals surface area contributed by atoms with Crippen LogP contribution in [0, 0.1) is 6.92 Å². The first-order valence-corrected chi connectivity index (χ1v) is 8.83. The fraction of sp³-hybridized carbons (Fsp3) is 0.438. The first-order valence-electron chi connectivity index (χ1n) is 7.67. The van der Waals surface area contributed by atoms with Crippen molar-refractivity contribution in [3.63, 3.8) is 0 Å². The van der Waals surface area contributed by atoms with E-state index in [1.807, 2.05) is 48.6 Å². The molecule has 1 unspecified atom stereocenters. The summed E-state index contributed by atoms with van der Waals surface area (Å²) < 4.78 is 1.90. The molecule has 1 N–H and O–H groups in total. The van der Waals surface area contributed by atoms with E-state index in [2.05, 4.69) is 20.2 Å². The van der Waals surface area contributed by atoms with Gasteiger partial charge in [-0.05, 0) is 38.3 Å². The van der Waals surface area contributed by atoms with Crippen molar-refractivity contribution in [3.8, 4) is 5.82 Å². The number of amides is 1. The fourth-order valence-corrected chi connectivity index (χ4v) is 3.95. The van der Waals surface area contributed by atoms with E-state index in [-0.39, 0.29) is 5.91 Å². The minimum absolute atomic E-state index is 0.00207. The summed E-state index contributed by atoms with van der Waals surface area (Å²) >= 11 is 1.95. The number of nitrogens with one attached hydrogen (secondary N) is 1. The van der Waals surface area contributed by atoms with Crippen LogP contribution in [0.2, 0.25) is 0 Å². The SMILES string of the molecule is Cc1nccn1-c1ccc(NC(=O)CN(C)C2CCSC2)cn1. The maximum Gasteiger partial charge on any atom is 0.238 e. The van der Waals surface area contributed by atoms with Gasteiger partial charge in [-0.3, -0.25) is 14.3 Å². The number of pyridine rings is 1. The van der Waals surface area contributed by atoms with Crippen LogP contribution >= 0.6 is 11.8 Å². The van der Waals surface area contributed by atoms with Crippen molar-refractivity contribution in [2.75, 3.05) is 30.4 Å². The van der Waals surface area contributed by atoms with E-state index < -0.39 is 0 Å². The molecule has 1 fully saturated rings. The number of nitrogens with zero attached hydrogens (tertiary/aromatic N) is 4. The molecule has 1 aliphatic heterocycles. The summed E-state index contributed by atoms with van der Waals surface area (Å²) in [5.74, 6) is 3.97. The molecule has 7 heteroatoms. The summed E-state index contributed by atoms with van der Waals surface area (Å²) in [6, 6.07) is 4.25. The van der Waals surface area contributed by atoms with E-state index in [0.29, 0.717) is 18.3 Å². The maximum atomic E-state index is 12.1. The molecule has 122 valence electrons. The molecule has 0 saturated carbocycles. The van der Waals surface area contributed by atoms with Gasteiger partial charge in [-0.15, -0.1) is 0 Å². The van der Waals surface area contributed by atoms with Crippen molar-refractivity contribution in [3.05, 3.63) is 36.5 Å². The number of likely N-dealkylation sites (N-methyl/N-ethyl adjacent to an activating group) is 1. The smallest absolute Gasteiger partial charge is 0.238 e. The predicted molar refractivity (Wildman–Crippen MR) is 93.1 cm³/mol. The topological polar surface area (TPSA) is 63.1 Å². The molecule has 3 heterocycles. The molecule has 0 aromatic carbocycles. The van der Waals surface area contributed by atoms with Gasteiger partial charge in [0.1, 0.15) is 11.6 Å². The minimum Gasteiger partial charge on any atom is -0.324 e. The molecular weight excluding hydrogens is 310 g/mol. The lowest BCUT2D eigenvalue weighted by atomic mass is 10.2. The van der Waals surface area contributed by atoms with Crippen LogP contribution < -0.4 is 5.32 Å². The molecule has 0 aliphatic carbocycles. The van der Waals surface area contributed by atoms with Crippen LogP contribution in [-0.2, 0) is 4.79 Å². The largest absolute Gasteiger partial charge is 0.324 e. The van der Waals surface area contributed by atoms with Crippen LogP contribution in [-0.4, -0.2) is 56.5 Å². The van der Waals surface area contributed by atoms with Crippen molar-refractivity contribution in [2.45, 2.75) is 19.4 Å². The highest BCUT2D eigenvalue weighted by atomic mass is 32.2. The van der Waals surface area contributed by atoms with E-state index in [4.69, 9.17) is 0 Å². The summed E-state index contributed by atoms with van der Waals surface area (Å²) in [7, 11) is 2.01. The van der Waals surface area contributed by atoms with Crippen molar-refractivity contribution in [2.24, 2.45) is 0 Å². The Balaban J connectivity index is 1.57. The Morgan fingerprint density at radius 3 is 2.96 bits per heavy atom. The van der Waals surface area contributed by atoms with Crippen LogP contribution in [0.5, 0.6) is 0 Å². The fourth-order valence-electron chi connectivity index (χ4n) is 2.65. The summed E-state index contributed by atoms with van der Waals surface area (Å²) in [5.41, 5.74) is 0.714. The summed E-state index contributed by atoms with van der Waals surface area (Å²) in [6.45, 7) is 2.34. The normalized spacial score (nSPS) is 17.6. The molecule has 0 spiro atoms. The summed E-state index contributed by atoms with van der Waals surface area (Å²) in [5, 5.41) is 2.91. The maximum absolute atomic E-state index is 12.1. The van der Waals surface area contributed by atoms with Gasteiger partial charge in [0.2, 0.25) is 5.91 Å². The number of thioether (sulfide) groups is 1. The first-order chi connectivity index (χ1) is 11.1. The third-order valence-electron chi connectivity index (χ3n) is 4.03. The Morgan fingerprint density at radius 2 is 2.35 bits per heavy atom. The van der Waals surface area contributed by atoms with Crippen molar-refractivity contribution >= 4 is 23.4 Å². The van der Waals surface area contributed by atoms with Gasteiger partial charge in [0.05, 0.1) is 18.4 Å². The number of hydrogen-bond acceptors (Lipinski definition) is 5. The zero-order valence-electron chi connectivity index (χ0n) is 13.4. The number of aromatic nitrogens is 3. The van der Waals surface area contributed by atoms with Crippen molar-refractivity contribution < 1.29 is 4.79 Å². The average Bonchev–Trinajstić information content (AvgIpc) is 3.19. The molecule has 1 atom stereocenters. The quantitative estimate of drug-likeness (QED) is 0.907. The molecule has 0 radical (unpaired) electrons. The molecule has 1 saturated heterocycles. The lowest BCUT2D eigenvalue weighted by Crippen LogP contribution is -2.38. The summed E-state index contributed by atoms with van der Waals surface area (Å²) in [4.78, 5) is 22.8. The van der Waals surface area contributed by atoms with Crippen LogP contribution in [0.1, 0.15) is 12.2 Å². The van der Waals surface area contributed by atoms with Crippen LogP contribution in [0.3, 0.4) is 0 Å². The monoisotopic (exact) mass is 331 g/mol. The van der Waals surface area contributed by atoms with Gasteiger partial charge in [0, 0.05) is 24.2 Å². The van der Waals surface area contributed by atoms with Crippen LogP contribution in [0.4, 0.5) is 5.69 Å². The second-order valence-electron chi connectivity index (χ2n) is 5.73.